The Morgan fingerprint density at radius 2 is 1.85 bits per heavy atom. The molecule has 2 rings (SSSR count). The molecule has 0 bridgehead atoms. The Hall–Kier alpha value is -1.10. The van der Waals surface area contributed by atoms with Crippen LogP contribution >= 0.6 is 15.9 Å². The molecule has 1 aromatic carbocycles. The summed E-state index contributed by atoms with van der Waals surface area (Å²) < 4.78 is 19.5. The van der Waals surface area contributed by atoms with Gasteiger partial charge < -0.3 is 9.64 Å². The lowest BCUT2D eigenvalue weighted by atomic mass is 10.1. The minimum atomic E-state index is -0.458. The van der Waals surface area contributed by atoms with E-state index in [9.17, 15) is 9.18 Å². The fourth-order valence-electron chi connectivity index (χ4n) is 2.32. The number of halogens is 2. The van der Waals surface area contributed by atoms with Crippen molar-refractivity contribution in [1.29, 1.82) is 0 Å². The molecule has 0 N–H and O–H groups in total. The maximum atomic E-state index is 13.6. The van der Waals surface area contributed by atoms with Crippen LogP contribution in [0, 0.1) is 5.82 Å². The molecule has 1 aliphatic rings. The van der Waals surface area contributed by atoms with Gasteiger partial charge in [0.2, 0.25) is 0 Å². The van der Waals surface area contributed by atoms with E-state index in [0.717, 1.165) is 25.9 Å². The lowest BCUT2D eigenvalue weighted by molar-refractivity contribution is -0.133. The molecule has 110 valence electrons. The Morgan fingerprint density at radius 1 is 1.20 bits per heavy atom. The third-order valence-electron chi connectivity index (χ3n) is 3.45. The van der Waals surface area contributed by atoms with E-state index in [1.807, 2.05) is 4.90 Å². The number of nitrogens with zero attached hydrogens (tertiary/aromatic N) is 1. The van der Waals surface area contributed by atoms with Crippen molar-refractivity contribution in [3.05, 3.63) is 28.5 Å². The fraction of sp³-hybridized carbons (Fsp3) is 0.533. The fourth-order valence-corrected chi connectivity index (χ4v) is 2.65. The topological polar surface area (TPSA) is 29.5 Å². The highest BCUT2D eigenvalue weighted by Crippen LogP contribution is 2.21. The van der Waals surface area contributed by atoms with Crippen molar-refractivity contribution in [2.75, 3.05) is 19.7 Å². The highest BCUT2D eigenvalue weighted by Gasteiger charge is 2.16. The van der Waals surface area contributed by atoms with E-state index < -0.39 is 5.82 Å². The van der Waals surface area contributed by atoms with Gasteiger partial charge in [0.15, 0.2) is 18.2 Å². The second kappa shape index (κ2) is 7.62. The average Bonchev–Trinajstić information content (AvgIpc) is 2.37. The summed E-state index contributed by atoms with van der Waals surface area (Å²) in [6, 6.07) is 4.55. The number of benzene rings is 1. The monoisotopic (exact) mass is 343 g/mol. The summed E-state index contributed by atoms with van der Waals surface area (Å²) in [5.41, 5.74) is 0. The van der Waals surface area contributed by atoms with Crippen molar-refractivity contribution < 1.29 is 13.9 Å². The molecule has 1 saturated heterocycles. The molecule has 0 unspecified atom stereocenters. The van der Waals surface area contributed by atoms with Crippen molar-refractivity contribution in [2.45, 2.75) is 32.1 Å². The minimum absolute atomic E-state index is 0.0609. The summed E-state index contributed by atoms with van der Waals surface area (Å²) in [7, 11) is 0. The number of hydrogen-bond acceptors (Lipinski definition) is 2. The number of likely N-dealkylation sites (tertiary alicyclic amines) is 1. The first-order valence-corrected chi connectivity index (χ1v) is 7.82. The summed E-state index contributed by atoms with van der Waals surface area (Å²) >= 11 is 3.18. The highest BCUT2D eigenvalue weighted by molar-refractivity contribution is 9.10. The van der Waals surface area contributed by atoms with Gasteiger partial charge >= 0.3 is 0 Å². The Balaban J connectivity index is 1.87. The van der Waals surface area contributed by atoms with Gasteiger partial charge in [0, 0.05) is 17.6 Å². The van der Waals surface area contributed by atoms with Crippen LogP contribution in [0.3, 0.4) is 0 Å². The van der Waals surface area contributed by atoms with Crippen molar-refractivity contribution in [3.8, 4) is 5.75 Å². The van der Waals surface area contributed by atoms with Gasteiger partial charge in [-0.05, 0) is 31.0 Å². The number of hydrogen-bond donors (Lipinski definition) is 0. The number of carbonyl (C=O) groups excluding carboxylic acids is 1. The molecule has 0 atom stereocenters. The van der Waals surface area contributed by atoms with Crippen molar-refractivity contribution >= 4 is 21.8 Å². The van der Waals surface area contributed by atoms with E-state index in [1.165, 1.54) is 31.4 Å². The van der Waals surface area contributed by atoms with Gasteiger partial charge in [-0.15, -0.1) is 0 Å². The lowest BCUT2D eigenvalue weighted by Crippen LogP contribution is -2.37. The molecule has 5 heteroatoms. The zero-order valence-electron chi connectivity index (χ0n) is 11.4. The minimum Gasteiger partial charge on any atom is -0.481 e. The molecule has 0 aromatic heterocycles. The van der Waals surface area contributed by atoms with Gasteiger partial charge in [-0.1, -0.05) is 35.2 Å². The van der Waals surface area contributed by atoms with Crippen LogP contribution in [0.4, 0.5) is 4.39 Å². The number of rotatable bonds is 3. The molecule has 0 aliphatic carbocycles. The maximum absolute atomic E-state index is 13.6. The van der Waals surface area contributed by atoms with Crippen LogP contribution in [0.5, 0.6) is 5.75 Å². The Bertz CT molecular complexity index is 459. The van der Waals surface area contributed by atoms with Crippen LogP contribution in [0.2, 0.25) is 0 Å². The van der Waals surface area contributed by atoms with Gasteiger partial charge in [0.25, 0.3) is 5.91 Å². The van der Waals surface area contributed by atoms with Gasteiger partial charge in [-0.3, -0.25) is 4.79 Å². The first kappa shape index (κ1) is 15.3. The molecule has 1 fully saturated rings. The summed E-state index contributed by atoms with van der Waals surface area (Å²) in [6.07, 6.45) is 5.68. The predicted octanol–water partition coefficient (Wildman–Crippen LogP) is 3.76. The van der Waals surface area contributed by atoms with Crippen LogP contribution in [0.15, 0.2) is 22.7 Å². The van der Waals surface area contributed by atoms with E-state index >= 15 is 0 Å². The number of carbonyl (C=O) groups is 1. The quantitative estimate of drug-likeness (QED) is 0.836. The molecule has 1 amide bonds. The molecule has 3 nitrogen and oxygen atoms in total. The molecule has 1 aromatic rings. The summed E-state index contributed by atoms with van der Waals surface area (Å²) in [4.78, 5) is 13.9. The molecule has 1 aliphatic heterocycles. The van der Waals surface area contributed by atoms with Crippen LogP contribution in [0.25, 0.3) is 0 Å². The van der Waals surface area contributed by atoms with Crippen LogP contribution < -0.4 is 4.74 Å². The summed E-state index contributed by atoms with van der Waals surface area (Å²) in [5, 5.41) is 0. The van der Waals surface area contributed by atoms with Crippen molar-refractivity contribution in [2.24, 2.45) is 0 Å². The Morgan fingerprint density at radius 3 is 2.50 bits per heavy atom. The third-order valence-corrected chi connectivity index (χ3v) is 3.95. The van der Waals surface area contributed by atoms with Crippen LogP contribution in [0.1, 0.15) is 32.1 Å². The molecule has 1 heterocycles. The smallest absolute Gasteiger partial charge is 0.260 e. The van der Waals surface area contributed by atoms with Gasteiger partial charge in [-0.2, -0.15) is 0 Å². The van der Waals surface area contributed by atoms with Crippen LogP contribution in [-0.4, -0.2) is 30.5 Å². The largest absolute Gasteiger partial charge is 0.481 e. The predicted molar refractivity (Wildman–Crippen MR) is 79.3 cm³/mol. The van der Waals surface area contributed by atoms with Gasteiger partial charge in [-0.25, -0.2) is 4.39 Å². The third kappa shape index (κ3) is 4.47. The number of amides is 1. The molecule has 0 spiro atoms. The SMILES string of the molecule is O=C(COc1ccc(Br)cc1F)N1CCCCCCC1. The molecular weight excluding hydrogens is 325 g/mol. The van der Waals surface area contributed by atoms with E-state index in [4.69, 9.17) is 4.74 Å². The van der Waals surface area contributed by atoms with Crippen LogP contribution in [-0.2, 0) is 4.79 Å². The van der Waals surface area contributed by atoms with E-state index in [2.05, 4.69) is 15.9 Å². The first-order chi connectivity index (χ1) is 9.66. The lowest BCUT2D eigenvalue weighted by Gasteiger charge is -2.24. The summed E-state index contributed by atoms with van der Waals surface area (Å²) in [6.45, 7) is 1.47. The molecular formula is C15H19BrFNO2. The Labute approximate surface area is 127 Å². The van der Waals surface area contributed by atoms with Crippen molar-refractivity contribution in [1.82, 2.24) is 4.90 Å². The van der Waals surface area contributed by atoms with E-state index in [1.54, 1.807) is 6.07 Å². The van der Waals surface area contributed by atoms with E-state index in [0.29, 0.717) is 4.47 Å². The molecule has 0 saturated carbocycles. The van der Waals surface area contributed by atoms with Crippen molar-refractivity contribution in [3.63, 3.8) is 0 Å². The second-order valence-electron chi connectivity index (χ2n) is 5.01. The second-order valence-corrected chi connectivity index (χ2v) is 5.93. The maximum Gasteiger partial charge on any atom is 0.260 e. The number of ether oxygens (including phenoxy) is 1. The Kier molecular flexibility index (Phi) is 5.83. The molecule has 0 radical (unpaired) electrons. The average molecular weight is 344 g/mol. The standard InChI is InChI=1S/C15H19BrFNO2/c16-12-6-7-14(13(17)10-12)20-11-15(19)18-8-4-2-1-3-5-9-18/h6-7,10H,1-5,8-9,11H2. The zero-order valence-corrected chi connectivity index (χ0v) is 13.0. The van der Waals surface area contributed by atoms with Gasteiger partial charge in [0.1, 0.15) is 0 Å². The zero-order chi connectivity index (χ0) is 14.4. The highest BCUT2D eigenvalue weighted by atomic mass is 79.9. The van der Waals surface area contributed by atoms with Gasteiger partial charge in [0.05, 0.1) is 0 Å². The normalized spacial score (nSPS) is 16.4. The first-order valence-electron chi connectivity index (χ1n) is 7.02. The molecule has 20 heavy (non-hydrogen) atoms. The summed E-state index contributed by atoms with van der Waals surface area (Å²) in [5.74, 6) is -0.400. The van der Waals surface area contributed by atoms with E-state index in [-0.39, 0.29) is 18.3 Å².